The molecule has 2 aromatic rings. The molecule has 0 aromatic carbocycles. The number of anilines is 1. The fourth-order valence-corrected chi connectivity index (χ4v) is 4.34. The van der Waals surface area contributed by atoms with Gasteiger partial charge < -0.3 is 19.5 Å². The third kappa shape index (κ3) is 4.81. The van der Waals surface area contributed by atoms with Crippen LogP contribution in [0.5, 0.6) is 5.88 Å². The lowest BCUT2D eigenvalue weighted by molar-refractivity contribution is 0.0600. The summed E-state index contributed by atoms with van der Waals surface area (Å²) in [5, 5.41) is 3.03. The normalized spacial score (nSPS) is 15.0. The van der Waals surface area contributed by atoms with E-state index < -0.39 is 16.0 Å². The number of rotatable bonds is 7. The molecule has 2 aromatic heterocycles. The fraction of sp³-hybridized carbons (Fsp3) is 0.389. The molecular weight excluding hydrogens is 400 g/mol. The largest absolute Gasteiger partial charge is 0.481 e. The zero-order valence-corrected chi connectivity index (χ0v) is 16.9. The van der Waals surface area contributed by atoms with Crippen LogP contribution in [0.1, 0.15) is 15.9 Å². The minimum absolute atomic E-state index is 0.0514. The Balaban J connectivity index is 1.93. The monoisotopic (exact) mass is 422 g/mol. The number of hydrogen-bond acceptors (Lipinski definition) is 9. The molecule has 3 heterocycles. The first-order chi connectivity index (χ1) is 14.0. The number of methoxy groups -OCH3 is 2. The van der Waals surface area contributed by atoms with E-state index in [-0.39, 0.29) is 35.9 Å². The van der Waals surface area contributed by atoms with E-state index in [9.17, 15) is 13.2 Å². The summed E-state index contributed by atoms with van der Waals surface area (Å²) in [6, 6.07) is 4.78. The van der Waals surface area contributed by atoms with Gasteiger partial charge in [0.05, 0.1) is 33.0 Å². The first-order valence-corrected chi connectivity index (χ1v) is 10.3. The van der Waals surface area contributed by atoms with Crippen molar-refractivity contribution in [2.75, 3.05) is 45.8 Å². The standard InChI is InChI=1S/C18H22N4O6S/c1-26-16-9-13(3-4-19-16)11-20-17-15(10-14(12-21-17)18(23)27-2)29(24,25)22-5-7-28-8-6-22/h3-4,9-10,12H,5-8,11H2,1-2H3,(H,20,21). The summed E-state index contributed by atoms with van der Waals surface area (Å²) in [7, 11) is -1.15. The first kappa shape index (κ1) is 21.0. The molecule has 1 N–H and O–H groups in total. The SMILES string of the molecule is COC(=O)c1cnc(NCc2ccnc(OC)c2)c(S(=O)(=O)N2CCOCC2)c1. The van der Waals surface area contributed by atoms with Crippen LogP contribution in [0.15, 0.2) is 35.5 Å². The quantitative estimate of drug-likeness (QED) is 0.649. The molecule has 0 radical (unpaired) electrons. The van der Waals surface area contributed by atoms with Gasteiger partial charge in [0.2, 0.25) is 15.9 Å². The molecule has 0 unspecified atom stereocenters. The van der Waals surface area contributed by atoms with Gasteiger partial charge in [-0.15, -0.1) is 0 Å². The lowest BCUT2D eigenvalue weighted by Gasteiger charge is -2.27. The second-order valence-electron chi connectivity index (χ2n) is 6.14. The van der Waals surface area contributed by atoms with Crippen LogP contribution in [0.3, 0.4) is 0 Å². The fourth-order valence-electron chi connectivity index (χ4n) is 2.79. The predicted octanol–water partition coefficient (Wildman–Crippen LogP) is 0.905. The number of nitrogens with zero attached hydrogens (tertiary/aromatic N) is 3. The average molecular weight is 422 g/mol. The van der Waals surface area contributed by atoms with Crippen LogP contribution < -0.4 is 10.1 Å². The molecule has 1 aliphatic heterocycles. The zero-order chi connectivity index (χ0) is 20.9. The summed E-state index contributed by atoms with van der Waals surface area (Å²) in [6.07, 6.45) is 2.87. The Morgan fingerprint density at radius 3 is 2.69 bits per heavy atom. The Hall–Kier alpha value is -2.76. The van der Waals surface area contributed by atoms with E-state index in [1.807, 2.05) is 0 Å². The lowest BCUT2D eigenvalue weighted by Crippen LogP contribution is -2.41. The van der Waals surface area contributed by atoms with Gasteiger partial charge >= 0.3 is 5.97 Å². The highest BCUT2D eigenvalue weighted by Crippen LogP contribution is 2.26. The van der Waals surface area contributed by atoms with Crippen LogP contribution in [-0.4, -0.2) is 69.2 Å². The Morgan fingerprint density at radius 2 is 2.00 bits per heavy atom. The number of pyridine rings is 2. The Bertz CT molecular complexity index is 976. The second-order valence-corrected chi connectivity index (χ2v) is 8.05. The number of morpholine rings is 1. The Morgan fingerprint density at radius 1 is 1.24 bits per heavy atom. The van der Waals surface area contributed by atoms with Crippen molar-refractivity contribution in [3.8, 4) is 5.88 Å². The number of carbonyl (C=O) groups is 1. The maximum Gasteiger partial charge on any atom is 0.339 e. The molecule has 3 rings (SSSR count). The molecule has 29 heavy (non-hydrogen) atoms. The van der Waals surface area contributed by atoms with Gasteiger partial charge in [-0.25, -0.2) is 23.2 Å². The van der Waals surface area contributed by atoms with Gasteiger partial charge in [0.15, 0.2) is 0 Å². The molecule has 1 fully saturated rings. The smallest absolute Gasteiger partial charge is 0.339 e. The number of esters is 1. The van der Waals surface area contributed by atoms with Crippen LogP contribution in [0.4, 0.5) is 5.82 Å². The van der Waals surface area contributed by atoms with E-state index >= 15 is 0 Å². The molecule has 1 aliphatic rings. The van der Waals surface area contributed by atoms with E-state index in [2.05, 4.69) is 15.3 Å². The predicted molar refractivity (Wildman–Crippen MR) is 103 cm³/mol. The second kappa shape index (κ2) is 9.16. The Labute approximate surface area is 168 Å². The number of nitrogens with one attached hydrogen (secondary N) is 1. The molecule has 0 saturated carbocycles. The topological polar surface area (TPSA) is 120 Å². The van der Waals surface area contributed by atoms with Crippen molar-refractivity contribution < 1.29 is 27.4 Å². The van der Waals surface area contributed by atoms with E-state index in [0.29, 0.717) is 19.1 Å². The average Bonchev–Trinajstić information content (AvgIpc) is 2.77. The van der Waals surface area contributed by atoms with Gasteiger partial charge in [0.25, 0.3) is 0 Å². The highest BCUT2D eigenvalue weighted by Gasteiger charge is 2.30. The molecule has 11 heteroatoms. The van der Waals surface area contributed by atoms with Crippen molar-refractivity contribution in [1.82, 2.24) is 14.3 Å². The number of sulfonamides is 1. The molecule has 0 bridgehead atoms. The molecule has 0 aliphatic carbocycles. The van der Waals surface area contributed by atoms with Gasteiger partial charge in [-0.1, -0.05) is 0 Å². The molecule has 156 valence electrons. The van der Waals surface area contributed by atoms with Crippen molar-refractivity contribution in [1.29, 1.82) is 0 Å². The van der Waals surface area contributed by atoms with Crippen LogP contribution >= 0.6 is 0 Å². The summed E-state index contributed by atoms with van der Waals surface area (Å²) in [6.45, 7) is 1.36. The highest BCUT2D eigenvalue weighted by molar-refractivity contribution is 7.89. The first-order valence-electron chi connectivity index (χ1n) is 8.84. The number of carbonyl (C=O) groups excluding carboxylic acids is 1. The molecule has 10 nitrogen and oxygen atoms in total. The van der Waals surface area contributed by atoms with E-state index in [1.54, 1.807) is 18.3 Å². The third-order valence-electron chi connectivity index (χ3n) is 4.33. The molecule has 0 spiro atoms. The van der Waals surface area contributed by atoms with Crippen LogP contribution in [-0.2, 0) is 26.0 Å². The molecule has 0 atom stereocenters. The minimum atomic E-state index is -3.89. The summed E-state index contributed by atoms with van der Waals surface area (Å²) < 4.78 is 42.7. The summed E-state index contributed by atoms with van der Waals surface area (Å²) in [5.74, 6) is -0.0827. The van der Waals surface area contributed by atoms with Crippen molar-refractivity contribution in [2.45, 2.75) is 11.4 Å². The van der Waals surface area contributed by atoms with Gasteiger partial charge in [-0.05, 0) is 17.7 Å². The van der Waals surface area contributed by atoms with Crippen molar-refractivity contribution in [2.24, 2.45) is 0 Å². The van der Waals surface area contributed by atoms with Crippen LogP contribution in [0.25, 0.3) is 0 Å². The van der Waals surface area contributed by atoms with Gasteiger partial charge in [-0.3, -0.25) is 0 Å². The van der Waals surface area contributed by atoms with E-state index in [4.69, 9.17) is 14.2 Å². The van der Waals surface area contributed by atoms with E-state index in [0.717, 1.165) is 5.56 Å². The number of hydrogen-bond donors (Lipinski definition) is 1. The Kier molecular flexibility index (Phi) is 6.62. The lowest BCUT2D eigenvalue weighted by atomic mass is 10.2. The van der Waals surface area contributed by atoms with Gasteiger partial charge in [-0.2, -0.15) is 4.31 Å². The molecular formula is C18H22N4O6S. The zero-order valence-electron chi connectivity index (χ0n) is 16.1. The maximum atomic E-state index is 13.2. The highest BCUT2D eigenvalue weighted by atomic mass is 32.2. The van der Waals surface area contributed by atoms with Crippen molar-refractivity contribution in [3.05, 3.63) is 41.7 Å². The van der Waals surface area contributed by atoms with Crippen molar-refractivity contribution >= 4 is 21.8 Å². The van der Waals surface area contributed by atoms with Crippen molar-refractivity contribution in [3.63, 3.8) is 0 Å². The summed E-state index contributed by atoms with van der Waals surface area (Å²) in [5.41, 5.74) is 0.876. The number of aromatic nitrogens is 2. The summed E-state index contributed by atoms with van der Waals surface area (Å²) in [4.78, 5) is 20.0. The minimum Gasteiger partial charge on any atom is -0.481 e. The van der Waals surface area contributed by atoms with E-state index in [1.165, 1.54) is 30.8 Å². The molecule has 1 saturated heterocycles. The van der Waals surface area contributed by atoms with Gasteiger partial charge in [0.1, 0.15) is 10.7 Å². The maximum absolute atomic E-state index is 13.2. The third-order valence-corrected chi connectivity index (χ3v) is 6.24. The number of ether oxygens (including phenoxy) is 3. The van der Waals surface area contributed by atoms with Crippen LogP contribution in [0, 0.1) is 0 Å². The van der Waals surface area contributed by atoms with Gasteiger partial charge in [0, 0.05) is 38.1 Å². The summed E-state index contributed by atoms with van der Waals surface area (Å²) >= 11 is 0. The molecule has 0 amide bonds. The van der Waals surface area contributed by atoms with Crippen LogP contribution in [0.2, 0.25) is 0 Å².